The number of hydrazine groups is 1. The Morgan fingerprint density at radius 2 is 2.25 bits per heavy atom. The molecule has 0 saturated carbocycles. The van der Waals surface area contributed by atoms with Crippen LogP contribution in [0.4, 0.5) is 0 Å². The van der Waals surface area contributed by atoms with Crippen LogP contribution in [0.1, 0.15) is 6.42 Å². The average molecular weight is 116 g/mol. The van der Waals surface area contributed by atoms with Gasteiger partial charge < -0.3 is 5.11 Å². The van der Waals surface area contributed by atoms with Gasteiger partial charge in [0.25, 0.3) is 0 Å². The molecule has 0 bridgehead atoms. The predicted molar refractivity (Wildman–Crippen MR) is 31.0 cm³/mol. The first kappa shape index (κ1) is 6.01. The number of rotatable bonds is 2. The van der Waals surface area contributed by atoms with Crippen LogP contribution >= 0.6 is 0 Å². The van der Waals surface area contributed by atoms with Gasteiger partial charge in [-0.15, -0.1) is 0 Å². The second kappa shape index (κ2) is 2.44. The van der Waals surface area contributed by atoms with Crippen molar-refractivity contribution in [3.63, 3.8) is 0 Å². The normalized spacial score (nSPS) is 23.2. The summed E-state index contributed by atoms with van der Waals surface area (Å²) in [6.45, 7) is 2.22. The largest absolute Gasteiger partial charge is 0.396 e. The summed E-state index contributed by atoms with van der Waals surface area (Å²) in [7, 11) is 0. The maximum absolute atomic E-state index is 8.43. The summed E-state index contributed by atoms with van der Waals surface area (Å²) < 4.78 is 0. The molecule has 8 heavy (non-hydrogen) atoms. The maximum atomic E-state index is 8.43. The van der Waals surface area contributed by atoms with E-state index < -0.39 is 0 Å². The van der Waals surface area contributed by atoms with Crippen molar-refractivity contribution in [1.29, 1.82) is 0 Å². The van der Waals surface area contributed by atoms with E-state index in [1.807, 2.05) is 0 Å². The second-order valence-electron chi connectivity index (χ2n) is 2.33. The summed E-state index contributed by atoms with van der Waals surface area (Å²) in [5.74, 6) is 6.01. The van der Waals surface area contributed by atoms with Crippen molar-refractivity contribution < 1.29 is 5.11 Å². The lowest BCUT2D eigenvalue weighted by molar-refractivity contribution is 0.0800. The smallest absolute Gasteiger partial charge is 0.0434 e. The third-order valence-corrected chi connectivity index (χ3v) is 1.52. The van der Waals surface area contributed by atoms with Gasteiger partial charge in [-0.05, 0) is 12.3 Å². The number of aliphatic hydroxyl groups excluding tert-OH is 1. The molecule has 1 heterocycles. The van der Waals surface area contributed by atoms with E-state index in [9.17, 15) is 0 Å². The van der Waals surface area contributed by atoms with Crippen molar-refractivity contribution in [3.8, 4) is 0 Å². The van der Waals surface area contributed by atoms with Crippen molar-refractivity contribution in [2.75, 3.05) is 19.7 Å². The van der Waals surface area contributed by atoms with Crippen molar-refractivity contribution in [2.45, 2.75) is 6.42 Å². The quantitative estimate of drug-likeness (QED) is 0.463. The molecule has 0 aliphatic carbocycles. The number of aliphatic hydroxyl groups is 1. The Labute approximate surface area is 49.1 Å². The van der Waals surface area contributed by atoms with E-state index in [1.54, 1.807) is 5.01 Å². The molecule has 0 aromatic carbocycles. The molecule has 0 spiro atoms. The average Bonchev–Trinajstić information content (AvgIpc) is 1.64. The molecule has 0 unspecified atom stereocenters. The van der Waals surface area contributed by atoms with Gasteiger partial charge in [-0.3, -0.25) is 5.84 Å². The molecule has 1 aliphatic heterocycles. The third-order valence-electron chi connectivity index (χ3n) is 1.52. The summed E-state index contributed by atoms with van der Waals surface area (Å²) in [5.41, 5.74) is 0. The number of hydrogen-bond donors (Lipinski definition) is 2. The lowest BCUT2D eigenvalue weighted by Crippen LogP contribution is -2.51. The van der Waals surface area contributed by atoms with Crippen LogP contribution < -0.4 is 5.84 Å². The van der Waals surface area contributed by atoms with Gasteiger partial charge in [0.1, 0.15) is 0 Å². The second-order valence-corrected chi connectivity index (χ2v) is 2.33. The van der Waals surface area contributed by atoms with E-state index in [0.29, 0.717) is 12.5 Å². The monoisotopic (exact) mass is 116 g/mol. The van der Waals surface area contributed by atoms with Crippen LogP contribution in [0.3, 0.4) is 0 Å². The van der Waals surface area contributed by atoms with Gasteiger partial charge in [0.2, 0.25) is 0 Å². The molecular formula is C5H12N2O. The van der Waals surface area contributed by atoms with Gasteiger partial charge in [0.15, 0.2) is 0 Å². The van der Waals surface area contributed by atoms with Gasteiger partial charge in [0.05, 0.1) is 0 Å². The molecule has 3 nitrogen and oxygen atoms in total. The Balaban J connectivity index is 1.98. The van der Waals surface area contributed by atoms with E-state index in [2.05, 4.69) is 0 Å². The Hall–Kier alpha value is -0.120. The Morgan fingerprint density at radius 1 is 1.62 bits per heavy atom. The molecule has 0 amide bonds. The summed E-state index contributed by atoms with van der Waals surface area (Å²) in [6.07, 6.45) is 0.910. The first-order valence-corrected chi connectivity index (χ1v) is 2.93. The summed E-state index contributed by atoms with van der Waals surface area (Å²) in [6, 6.07) is 0. The third kappa shape index (κ3) is 1.18. The van der Waals surface area contributed by atoms with E-state index in [1.165, 1.54) is 0 Å². The maximum Gasteiger partial charge on any atom is 0.0434 e. The highest BCUT2D eigenvalue weighted by Gasteiger charge is 2.22. The number of hydrogen-bond acceptors (Lipinski definition) is 3. The van der Waals surface area contributed by atoms with Crippen LogP contribution in [0.2, 0.25) is 0 Å². The highest BCUT2D eigenvalue weighted by molar-refractivity contribution is 4.74. The van der Waals surface area contributed by atoms with Crippen LogP contribution in [0.15, 0.2) is 0 Å². The fraction of sp³-hybridized carbons (Fsp3) is 1.00. The molecule has 0 aromatic rings. The Bertz CT molecular complexity index is 68.1. The van der Waals surface area contributed by atoms with E-state index in [4.69, 9.17) is 10.9 Å². The molecular weight excluding hydrogens is 104 g/mol. The summed E-state index contributed by atoms with van der Waals surface area (Å²) in [4.78, 5) is 0. The molecule has 0 atom stereocenters. The highest BCUT2D eigenvalue weighted by Crippen LogP contribution is 2.13. The lowest BCUT2D eigenvalue weighted by atomic mass is 9.99. The fourth-order valence-corrected chi connectivity index (χ4v) is 0.975. The zero-order valence-electron chi connectivity index (χ0n) is 4.88. The molecule has 1 saturated heterocycles. The van der Waals surface area contributed by atoms with E-state index in [0.717, 1.165) is 19.5 Å². The Morgan fingerprint density at radius 3 is 2.62 bits per heavy atom. The van der Waals surface area contributed by atoms with Crippen molar-refractivity contribution in [1.82, 2.24) is 5.01 Å². The molecule has 3 N–H and O–H groups in total. The topological polar surface area (TPSA) is 49.5 Å². The standard InChI is InChI=1S/C5H12N2O/c6-7-3-5(4-7)1-2-8/h5,8H,1-4,6H2. The van der Waals surface area contributed by atoms with Gasteiger partial charge >= 0.3 is 0 Å². The van der Waals surface area contributed by atoms with Crippen LogP contribution in [0.5, 0.6) is 0 Å². The molecule has 1 aliphatic rings. The first-order chi connectivity index (χ1) is 3.83. The van der Waals surface area contributed by atoms with Crippen molar-refractivity contribution in [2.24, 2.45) is 11.8 Å². The highest BCUT2D eigenvalue weighted by atomic mass is 16.3. The van der Waals surface area contributed by atoms with Gasteiger partial charge in [-0.25, -0.2) is 5.01 Å². The minimum atomic E-state index is 0.304. The summed E-state index contributed by atoms with van der Waals surface area (Å²) >= 11 is 0. The molecule has 1 fully saturated rings. The molecule has 0 radical (unpaired) electrons. The van der Waals surface area contributed by atoms with Crippen LogP contribution in [-0.4, -0.2) is 29.8 Å². The predicted octanol–water partition coefficient (Wildman–Crippen LogP) is -0.826. The minimum absolute atomic E-state index is 0.304. The zero-order chi connectivity index (χ0) is 5.98. The van der Waals surface area contributed by atoms with Crippen LogP contribution in [-0.2, 0) is 0 Å². The first-order valence-electron chi connectivity index (χ1n) is 2.93. The fourth-order valence-electron chi connectivity index (χ4n) is 0.975. The van der Waals surface area contributed by atoms with Gasteiger partial charge in [-0.1, -0.05) is 0 Å². The molecule has 1 rings (SSSR count). The number of nitrogens with two attached hydrogens (primary N) is 1. The SMILES string of the molecule is NN1CC(CCO)C1. The summed E-state index contributed by atoms with van der Waals surface area (Å²) in [5, 5.41) is 10.2. The molecule has 0 aromatic heterocycles. The minimum Gasteiger partial charge on any atom is -0.396 e. The number of nitrogens with zero attached hydrogens (tertiary/aromatic N) is 1. The molecule has 48 valence electrons. The van der Waals surface area contributed by atoms with Gasteiger partial charge in [-0.2, -0.15) is 0 Å². The van der Waals surface area contributed by atoms with Crippen molar-refractivity contribution >= 4 is 0 Å². The lowest BCUT2D eigenvalue weighted by Gasteiger charge is -2.34. The van der Waals surface area contributed by atoms with E-state index >= 15 is 0 Å². The Kier molecular flexibility index (Phi) is 1.83. The van der Waals surface area contributed by atoms with Crippen LogP contribution in [0, 0.1) is 5.92 Å². The van der Waals surface area contributed by atoms with Crippen molar-refractivity contribution in [3.05, 3.63) is 0 Å². The van der Waals surface area contributed by atoms with Gasteiger partial charge in [0, 0.05) is 19.7 Å². The van der Waals surface area contributed by atoms with Crippen LogP contribution in [0.25, 0.3) is 0 Å². The van der Waals surface area contributed by atoms with E-state index in [-0.39, 0.29) is 0 Å². The zero-order valence-corrected chi connectivity index (χ0v) is 4.88. The molecule has 3 heteroatoms.